The Bertz CT molecular complexity index is 440. The maximum absolute atomic E-state index is 12.4. The van der Waals surface area contributed by atoms with Gasteiger partial charge in [0, 0.05) is 38.4 Å². The van der Waals surface area contributed by atoms with Crippen molar-refractivity contribution in [1.82, 2.24) is 4.90 Å². The molecule has 6 heteroatoms. The normalized spacial score (nSPS) is 10.3. The van der Waals surface area contributed by atoms with E-state index in [0.29, 0.717) is 36.9 Å². The largest absolute Gasteiger partial charge is 0.389 e. The van der Waals surface area contributed by atoms with Gasteiger partial charge in [-0.15, -0.1) is 0 Å². The lowest BCUT2D eigenvalue weighted by Gasteiger charge is -2.22. The molecule has 0 saturated heterocycles. The zero-order valence-electron chi connectivity index (χ0n) is 11.8. The van der Waals surface area contributed by atoms with E-state index in [1.165, 1.54) is 0 Å². The number of thiocarbonyl (C=S) groups is 1. The minimum absolute atomic E-state index is 0.0615. The van der Waals surface area contributed by atoms with E-state index in [4.69, 9.17) is 27.4 Å². The molecule has 1 rings (SSSR count). The van der Waals surface area contributed by atoms with Crippen molar-refractivity contribution in [3.8, 4) is 0 Å². The van der Waals surface area contributed by atoms with Crippen LogP contribution in [0.5, 0.6) is 0 Å². The molecule has 1 aromatic carbocycles. The molecule has 0 bridgehead atoms. The van der Waals surface area contributed by atoms with Gasteiger partial charge in [-0.2, -0.15) is 0 Å². The molecule has 0 aliphatic carbocycles. The van der Waals surface area contributed by atoms with E-state index in [9.17, 15) is 4.79 Å². The molecule has 0 radical (unpaired) electrons. The predicted octanol–water partition coefficient (Wildman–Crippen LogP) is 1.06. The van der Waals surface area contributed by atoms with E-state index in [0.717, 1.165) is 5.56 Å². The number of carbonyl (C=O) groups excluding carboxylic acids is 1. The molecular weight excluding hydrogens is 276 g/mol. The molecular formula is C14H20N2O3S. The summed E-state index contributed by atoms with van der Waals surface area (Å²) < 4.78 is 10.0. The molecule has 0 aliphatic heterocycles. The molecule has 0 atom stereocenters. The van der Waals surface area contributed by atoms with Gasteiger partial charge in [-0.1, -0.05) is 24.4 Å². The number of nitrogens with zero attached hydrogens (tertiary/aromatic N) is 1. The molecule has 0 unspecified atom stereocenters. The Labute approximate surface area is 124 Å². The van der Waals surface area contributed by atoms with Gasteiger partial charge < -0.3 is 20.1 Å². The number of carbonyl (C=O) groups is 1. The van der Waals surface area contributed by atoms with Crippen molar-refractivity contribution in [2.75, 3.05) is 40.5 Å². The zero-order valence-corrected chi connectivity index (χ0v) is 12.6. The van der Waals surface area contributed by atoms with E-state index in [1.807, 2.05) is 0 Å². The number of ether oxygens (including phenoxy) is 2. The Hall–Kier alpha value is -1.50. The molecule has 0 saturated carbocycles. The molecule has 5 nitrogen and oxygen atoms in total. The third-order valence-electron chi connectivity index (χ3n) is 2.83. The number of methoxy groups -OCH3 is 2. The Morgan fingerprint density at radius 1 is 1.10 bits per heavy atom. The summed E-state index contributed by atoms with van der Waals surface area (Å²) in [4.78, 5) is 14.4. The molecule has 0 spiro atoms. The van der Waals surface area contributed by atoms with E-state index in [-0.39, 0.29) is 5.91 Å². The first kappa shape index (κ1) is 16.6. The van der Waals surface area contributed by atoms with Crippen molar-refractivity contribution < 1.29 is 14.3 Å². The maximum atomic E-state index is 12.4. The Balaban J connectivity index is 2.78. The monoisotopic (exact) mass is 296 g/mol. The first-order chi connectivity index (χ1) is 9.60. The fourth-order valence-electron chi connectivity index (χ4n) is 1.68. The summed E-state index contributed by atoms with van der Waals surface area (Å²) in [6, 6.07) is 6.95. The van der Waals surface area contributed by atoms with Gasteiger partial charge in [-0.25, -0.2) is 0 Å². The van der Waals surface area contributed by atoms with Crippen molar-refractivity contribution in [2.45, 2.75) is 0 Å². The molecule has 0 aromatic heterocycles. The second-order valence-corrected chi connectivity index (χ2v) is 4.66. The summed E-state index contributed by atoms with van der Waals surface area (Å²) >= 11 is 4.89. The van der Waals surface area contributed by atoms with Crippen LogP contribution in [0.4, 0.5) is 0 Å². The molecule has 0 fully saturated rings. The number of nitrogens with two attached hydrogens (primary N) is 1. The summed E-state index contributed by atoms with van der Waals surface area (Å²) in [5.74, 6) is -0.0615. The number of hydrogen-bond donors (Lipinski definition) is 1. The van der Waals surface area contributed by atoms with Gasteiger partial charge in [0.25, 0.3) is 5.91 Å². The number of rotatable bonds is 8. The lowest BCUT2D eigenvalue weighted by atomic mass is 10.1. The molecule has 2 N–H and O–H groups in total. The summed E-state index contributed by atoms with van der Waals surface area (Å²) in [6.07, 6.45) is 0. The topological polar surface area (TPSA) is 64.8 Å². The van der Waals surface area contributed by atoms with Gasteiger partial charge in [-0.3, -0.25) is 4.79 Å². The second-order valence-electron chi connectivity index (χ2n) is 4.22. The lowest BCUT2D eigenvalue weighted by molar-refractivity contribution is 0.0627. The lowest BCUT2D eigenvalue weighted by Crippen LogP contribution is -2.36. The summed E-state index contributed by atoms with van der Waals surface area (Å²) in [6.45, 7) is 2.02. The van der Waals surface area contributed by atoms with Crippen LogP contribution in [0.25, 0.3) is 0 Å². The third kappa shape index (κ3) is 4.88. The van der Waals surface area contributed by atoms with Crippen LogP contribution in [0.2, 0.25) is 0 Å². The summed E-state index contributed by atoms with van der Waals surface area (Å²) in [5, 5.41) is 0. The van der Waals surface area contributed by atoms with Crippen LogP contribution in [-0.2, 0) is 9.47 Å². The quantitative estimate of drug-likeness (QED) is 0.727. The van der Waals surface area contributed by atoms with Gasteiger partial charge in [0.1, 0.15) is 4.99 Å². The second kappa shape index (κ2) is 8.63. The van der Waals surface area contributed by atoms with E-state index in [1.54, 1.807) is 43.4 Å². The Morgan fingerprint density at radius 3 is 1.95 bits per heavy atom. The molecule has 1 aromatic rings. The van der Waals surface area contributed by atoms with Crippen LogP contribution in [0.3, 0.4) is 0 Å². The molecule has 110 valence electrons. The number of amides is 1. The van der Waals surface area contributed by atoms with Crippen LogP contribution in [-0.4, -0.2) is 56.3 Å². The Kier molecular flexibility index (Phi) is 7.14. The van der Waals surface area contributed by atoms with E-state index >= 15 is 0 Å². The highest BCUT2D eigenvalue weighted by atomic mass is 32.1. The van der Waals surface area contributed by atoms with Gasteiger partial charge in [0.15, 0.2) is 0 Å². The van der Waals surface area contributed by atoms with Crippen molar-refractivity contribution in [2.24, 2.45) is 5.73 Å². The molecule has 0 aliphatic rings. The van der Waals surface area contributed by atoms with E-state index in [2.05, 4.69) is 0 Å². The Morgan fingerprint density at radius 2 is 1.55 bits per heavy atom. The van der Waals surface area contributed by atoms with Gasteiger partial charge in [-0.05, 0) is 12.1 Å². The van der Waals surface area contributed by atoms with Crippen LogP contribution in [0, 0.1) is 0 Å². The number of benzene rings is 1. The smallest absolute Gasteiger partial charge is 0.254 e. The van der Waals surface area contributed by atoms with Crippen molar-refractivity contribution in [3.63, 3.8) is 0 Å². The van der Waals surface area contributed by atoms with Gasteiger partial charge in [0.05, 0.1) is 13.2 Å². The maximum Gasteiger partial charge on any atom is 0.254 e. The first-order valence-corrected chi connectivity index (χ1v) is 6.68. The van der Waals surface area contributed by atoms with Crippen molar-refractivity contribution in [3.05, 3.63) is 35.4 Å². The molecule has 20 heavy (non-hydrogen) atoms. The molecule has 0 heterocycles. The van der Waals surface area contributed by atoms with Crippen LogP contribution < -0.4 is 5.73 Å². The zero-order chi connectivity index (χ0) is 15.0. The average Bonchev–Trinajstić information content (AvgIpc) is 2.47. The van der Waals surface area contributed by atoms with Gasteiger partial charge >= 0.3 is 0 Å². The fraction of sp³-hybridized carbons (Fsp3) is 0.429. The fourth-order valence-corrected chi connectivity index (χ4v) is 1.81. The van der Waals surface area contributed by atoms with Gasteiger partial charge in [0.2, 0.25) is 0 Å². The van der Waals surface area contributed by atoms with Crippen molar-refractivity contribution >= 4 is 23.1 Å². The summed E-state index contributed by atoms with van der Waals surface area (Å²) in [5.41, 5.74) is 6.88. The highest BCUT2D eigenvalue weighted by Gasteiger charge is 2.15. The third-order valence-corrected chi connectivity index (χ3v) is 3.07. The van der Waals surface area contributed by atoms with Crippen molar-refractivity contribution in [1.29, 1.82) is 0 Å². The minimum Gasteiger partial charge on any atom is -0.389 e. The van der Waals surface area contributed by atoms with Crippen LogP contribution in [0.1, 0.15) is 15.9 Å². The average molecular weight is 296 g/mol. The van der Waals surface area contributed by atoms with Crippen LogP contribution in [0.15, 0.2) is 24.3 Å². The highest BCUT2D eigenvalue weighted by Crippen LogP contribution is 2.08. The highest BCUT2D eigenvalue weighted by molar-refractivity contribution is 7.80. The standard InChI is InChI=1S/C14H20N2O3S/c1-18-9-7-16(8-10-19-2)14(17)12-5-3-11(4-6-12)13(15)20/h3-6H,7-10H2,1-2H3,(H2,15,20). The molecule has 1 amide bonds. The SMILES string of the molecule is COCCN(CCOC)C(=O)c1ccc(C(N)=S)cc1. The first-order valence-electron chi connectivity index (χ1n) is 6.27. The number of hydrogen-bond acceptors (Lipinski definition) is 4. The predicted molar refractivity (Wildman–Crippen MR) is 82.0 cm³/mol. The minimum atomic E-state index is -0.0615. The van der Waals surface area contributed by atoms with Crippen LogP contribution >= 0.6 is 12.2 Å². The van der Waals surface area contributed by atoms with E-state index < -0.39 is 0 Å². The summed E-state index contributed by atoms with van der Waals surface area (Å²) in [7, 11) is 3.21.